The fourth-order valence-corrected chi connectivity index (χ4v) is 3.62. The maximum atomic E-state index is 13.0. The highest BCUT2D eigenvalue weighted by Crippen LogP contribution is 2.09. The van der Waals surface area contributed by atoms with E-state index in [0.29, 0.717) is 19.4 Å². The highest BCUT2D eigenvalue weighted by molar-refractivity contribution is 5.95. The lowest BCUT2D eigenvalue weighted by Crippen LogP contribution is -2.57. The number of rotatable bonds is 17. The summed E-state index contributed by atoms with van der Waals surface area (Å²) in [7, 11) is 0. The zero-order valence-corrected chi connectivity index (χ0v) is 21.3. The van der Waals surface area contributed by atoms with E-state index in [1.165, 1.54) is 0 Å². The van der Waals surface area contributed by atoms with Crippen molar-refractivity contribution < 1.29 is 34.2 Å². The van der Waals surface area contributed by atoms with Crippen molar-refractivity contribution in [1.82, 2.24) is 16.0 Å². The van der Waals surface area contributed by atoms with E-state index in [4.69, 9.17) is 11.5 Å². The van der Waals surface area contributed by atoms with Crippen LogP contribution in [-0.4, -0.2) is 70.6 Å². The molecule has 0 saturated carbocycles. The Morgan fingerprint density at radius 1 is 0.838 bits per heavy atom. The van der Waals surface area contributed by atoms with Gasteiger partial charge in [-0.25, -0.2) is 4.79 Å². The fraction of sp³-hybridized carbons (Fsp3) is 0.560. The Bertz CT molecular complexity index is 910. The lowest BCUT2D eigenvalue weighted by molar-refractivity contribution is -0.143. The SMILES string of the molecule is CC(C)CC(NC(=O)C(CC(=O)O)NC(=O)C(N)Cc1ccccc1)C(=O)NC(CCCCN)C(=O)O. The Morgan fingerprint density at radius 2 is 1.41 bits per heavy atom. The highest BCUT2D eigenvalue weighted by atomic mass is 16.4. The van der Waals surface area contributed by atoms with Gasteiger partial charge in [0.1, 0.15) is 18.1 Å². The molecule has 12 nitrogen and oxygen atoms in total. The molecule has 1 aromatic carbocycles. The molecule has 0 heterocycles. The molecule has 206 valence electrons. The number of carbonyl (C=O) groups excluding carboxylic acids is 3. The van der Waals surface area contributed by atoms with Crippen LogP contribution in [-0.2, 0) is 30.4 Å². The number of hydrogen-bond acceptors (Lipinski definition) is 7. The molecule has 0 bridgehead atoms. The van der Waals surface area contributed by atoms with Crippen LogP contribution in [0.3, 0.4) is 0 Å². The van der Waals surface area contributed by atoms with E-state index >= 15 is 0 Å². The molecule has 9 N–H and O–H groups in total. The number of benzene rings is 1. The third-order valence-electron chi connectivity index (χ3n) is 5.55. The van der Waals surface area contributed by atoms with Crippen LogP contribution in [0.25, 0.3) is 0 Å². The minimum absolute atomic E-state index is 0.0663. The van der Waals surface area contributed by atoms with E-state index in [0.717, 1.165) is 5.56 Å². The van der Waals surface area contributed by atoms with Gasteiger partial charge >= 0.3 is 11.9 Å². The molecule has 12 heteroatoms. The Kier molecular flexibility index (Phi) is 13.9. The predicted octanol–water partition coefficient (Wildman–Crippen LogP) is -0.255. The quantitative estimate of drug-likeness (QED) is 0.134. The third-order valence-corrected chi connectivity index (χ3v) is 5.55. The zero-order chi connectivity index (χ0) is 28.0. The number of amides is 3. The van der Waals surface area contributed by atoms with Crippen LogP contribution in [0.4, 0.5) is 0 Å². The van der Waals surface area contributed by atoms with Crippen molar-refractivity contribution in [2.45, 2.75) is 76.5 Å². The predicted molar refractivity (Wildman–Crippen MR) is 136 cm³/mol. The minimum atomic E-state index is -1.49. The molecule has 1 rings (SSSR count). The summed E-state index contributed by atoms with van der Waals surface area (Å²) in [6.45, 7) is 4.00. The van der Waals surface area contributed by atoms with Gasteiger partial charge in [0.25, 0.3) is 0 Å². The average Bonchev–Trinajstić information content (AvgIpc) is 2.82. The number of aliphatic carboxylic acids is 2. The number of nitrogens with two attached hydrogens (primary N) is 2. The minimum Gasteiger partial charge on any atom is -0.481 e. The van der Waals surface area contributed by atoms with Crippen LogP contribution in [0.5, 0.6) is 0 Å². The first-order valence-electron chi connectivity index (χ1n) is 12.3. The standard InChI is InChI=1S/C25H39N5O7/c1-15(2)12-19(23(34)28-18(25(36)37)10-6-7-11-26)30-24(35)20(14-21(31)32)29-22(33)17(27)13-16-8-4-3-5-9-16/h3-5,8-9,15,17-20H,6-7,10-14,26-27H2,1-2H3,(H,28,34)(H,29,33)(H,30,35)(H,31,32)(H,36,37). The van der Waals surface area contributed by atoms with Crippen molar-refractivity contribution in [1.29, 1.82) is 0 Å². The van der Waals surface area contributed by atoms with Gasteiger partial charge in [-0.2, -0.15) is 0 Å². The van der Waals surface area contributed by atoms with Gasteiger partial charge in [-0.05, 0) is 50.1 Å². The van der Waals surface area contributed by atoms with Crippen molar-refractivity contribution in [2.75, 3.05) is 6.54 Å². The Hall–Kier alpha value is -3.51. The van der Waals surface area contributed by atoms with E-state index < -0.39 is 60.2 Å². The van der Waals surface area contributed by atoms with Crippen molar-refractivity contribution >= 4 is 29.7 Å². The largest absolute Gasteiger partial charge is 0.481 e. The van der Waals surface area contributed by atoms with Crippen molar-refractivity contribution in [3.63, 3.8) is 0 Å². The number of unbranched alkanes of at least 4 members (excludes halogenated alkanes) is 1. The molecule has 0 saturated heterocycles. The van der Waals surface area contributed by atoms with E-state index in [1.807, 2.05) is 19.9 Å². The number of carboxylic acid groups (broad SMARTS) is 2. The second-order valence-electron chi connectivity index (χ2n) is 9.33. The molecule has 0 aliphatic heterocycles. The lowest BCUT2D eigenvalue weighted by Gasteiger charge is -2.25. The first kappa shape index (κ1) is 31.5. The second-order valence-corrected chi connectivity index (χ2v) is 9.33. The molecule has 4 unspecified atom stereocenters. The van der Waals surface area contributed by atoms with Gasteiger partial charge in [-0.3, -0.25) is 19.2 Å². The van der Waals surface area contributed by atoms with Gasteiger partial charge in [0.15, 0.2) is 0 Å². The molecule has 0 fully saturated rings. The lowest BCUT2D eigenvalue weighted by atomic mass is 10.0. The molecule has 37 heavy (non-hydrogen) atoms. The number of carbonyl (C=O) groups is 5. The van der Waals surface area contributed by atoms with Crippen LogP contribution < -0.4 is 27.4 Å². The van der Waals surface area contributed by atoms with Crippen molar-refractivity contribution in [3.05, 3.63) is 35.9 Å². The molecule has 1 aromatic rings. The Labute approximate surface area is 216 Å². The molecule has 0 aliphatic carbocycles. The van der Waals surface area contributed by atoms with Gasteiger partial charge in [0, 0.05) is 0 Å². The summed E-state index contributed by atoms with van der Waals surface area (Å²) in [5, 5.41) is 26.0. The van der Waals surface area contributed by atoms with Crippen molar-refractivity contribution in [2.24, 2.45) is 17.4 Å². The third kappa shape index (κ3) is 12.3. The van der Waals surface area contributed by atoms with E-state index in [2.05, 4.69) is 16.0 Å². The first-order chi connectivity index (χ1) is 17.4. The maximum absolute atomic E-state index is 13.0. The summed E-state index contributed by atoms with van der Waals surface area (Å²) in [5.41, 5.74) is 12.2. The summed E-state index contributed by atoms with van der Waals surface area (Å²) in [5.74, 6) is -4.96. The molecule has 0 aromatic heterocycles. The highest BCUT2D eigenvalue weighted by Gasteiger charge is 2.31. The van der Waals surface area contributed by atoms with Gasteiger partial charge in [-0.1, -0.05) is 44.2 Å². The molecule has 0 radical (unpaired) electrons. The smallest absolute Gasteiger partial charge is 0.326 e. The summed E-state index contributed by atoms with van der Waals surface area (Å²) < 4.78 is 0. The topological polar surface area (TPSA) is 214 Å². The van der Waals surface area contributed by atoms with Gasteiger partial charge < -0.3 is 37.6 Å². The monoisotopic (exact) mass is 521 g/mol. The average molecular weight is 522 g/mol. The molecule has 3 amide bonds. The van der Waals surface area contributed by atoms with Gasteiger partial charge in [0.05, 0.1) is 12.5 Å². The fourth-order valence-electron chi connectivity index (χ4n) is 3.62. The van der Waals surface area contributed by atoms with E-state index in [1.54, 1.807) is 24.3 Å². The molecular formula is C25H39N5O7. The van der Waals surface area contributed by atoms with E-state index in [9.17, 15) is 34.2 Å². The van der Waals surface area contributed by atoms with Crippen LogP contribution in [0.1, 0.15) is 51.5 Å². The Morgan fingerprint density at radius 3 is 1.95 bits per heavy atom. The molecule has 0 spiro atoms. The Balaban J connectivity index is 2.94. The first-order valence-corrected chi connectivity index (χ1v) is 12.3. The van der Waals surface area contributed by atoms with Crippen LogP contribution in [0.2, 0.25) is 0 Å². The molecule has 4 atom stereocenters. The number of hydrogen-bond donors (Lipinski definition) is 7. The molecule has 0 aliphatic rings. The van der Waals surface area contributed by atoms with Crippen molar-refractivity contribution in [3.8, 4) is 0 Å². The summed E-state index contributed by atoms with van der Waals surface area (Å²) >= 11 is 0. The summed E-state index contributed by atoms with van der Waals surface area (Å²) in [6.07, 6.45) is 0.848. The van der Waals surface area contributed by atoms with Crippen LogP contribution >= 0.6 is 0 Å². The van der Waals surface area contributed by atoms with Crippen LogP contribution in [0.15, 0.2) is 30.3 Å². The molecular weight excluding hydrogens is 482 g/mol. The van der Waals surface area contributed by atoms with Gasteiger partial charge in [-0.15, -0.1) is 0 Å². The number of carboxylic acids is 2. The normalized spacial score (nSPS) is 14.2. The summed E-state index contributed by atoms with van der Waals surface area (Å²) in [4.78, 5) is 61.5. The number of nitrogens with one attached hydrogen (secondary N) is 3. The maximum Gasteiger partial charge on any atom is 0.326 e. The zero-order valence-electron chi connectivity index (χ0n) is 21.3. The summed E-state index contributed by atoms with van der Waals surface area (Å²) in [6, 6.07) is 4.10. The van der Waals surface area contributed by atoms with Gasteiger partial charge in [0.2, 0.25) is 17.7 Å². The second kappa shape index (κ2) is 16.3. The van der Waals surface area contributed by atoms with Crippen LogP contribution in [0, 0.1) is 5.92 Å². The van der Waals surface area contributed by atoms with E-state index in [-0.39, 0.29) is 25.2 Å².